The summed E-state index contributed by atoms with van der Waals surface area (Å²) in [5.74, 6) is -0.668. The van der Waals surface area contributed by atoms with E-state index in [1.165, 1.54) is 0 Å². The Morgan fingerprint density at radius 2 is 1.58 bits per heavy atom. The van der Waals surface area contributed by atoms with Gasteiger partial charge in [0.05, 0.1) is 23.4 Å². The number of hydrogen-bond donors (Lipinski definition) is 0. The van der Waals surface area contributed by atoms with E-state index >= 15 is 0 Å². The lowest BCUT2D eigenvalue weighted by Gasteiger charge is -2.14. The molecule has 0 unspecified atom stereocenters. The van der Waals surface area contributed by atoms with Crippen molar-refractivity contribution in [2.24, 2.45) is 0 Å². The van der Waals surface area contributed by atoms with Crippen LogP contribution in [0, 0.1) is 0 Å². The molecule has 0 aromatic heterocycles. The fraction of sp³-hybridized carbons (Fsp3) is 0.250. The highest BCUT2D eigenvalue weighted by Crippen LogP contribution is 2.29. The van der Waals surface area contributed by atoms with Crippen molar-refractivity contribution in [1.82, 2.24) is 0 Å². The van der Waals surface area contributed by atoms with Gasteiger partial charge in [-0.05, 0) is 42.8 Å². The van der Waals surface area contributed by atoms with Gasteiger partial charge in [-0.2, -0.15) is 0 Å². The fourth-order valence-corrected chi connectivity index (χ4v) is 2.63. The van der Waals surface area contributed by atoms with Crippen LogP contribution in [0.25, 0.3) is 0 Å². The molecule has 134 valence electrons. The molecule has 1 aliphatic rings. The highest BCUT2D eigenvalue weighted by atomic mass is 16.6. The van der Waals surface area contributed by atoms with Crippen molar-refractivity contribution in [2.45, 2.75) is 19.8 Å². The van der Waals surface area contributed by atoms with Crippen molar-refractivity contribution in [3.05, 3.63) is 59.7 Å². The van der Waals surface area contributed by atoms with Gasteiger partial charge in [0.25, 0.3) is 11.8 Å². The minimum Gasteiger partial charge on any atom is -0.482 e. The Morgan fingerprint density at radius 1 is 0.962 bits per heavy atom. The average Bonchev–Trinajstić information content (AvgIpc) is 2.92. The predicted octanol–water partition coefficient (Wildman–Crippen LogP) is 3.21. The van der Waals surface area contributed by atoms with Gasteiger partial charge in [0.1, 0.15) is 5.75 Å². The Bertz CT molecular complexity index is 793. The summed E-state index contributed by atoms with van der Waals surface area (Å²) >= 11 is 0. The van der Waals surface area contributed by atoms with Gasteiger partial charge in [-0.1, -0.05) is 25.5 Å². The summed E-state index contributed by atoms with van der Waals surface area (Å²) in [5.41, 5.74) is 1.24. The summed E-state index contributed by atoms with van der Waals surface area (Å²) in [5, 5.41) is 0. The van der Waals surface area contributed by atoms with E-state index < -0.39 is 5.97 Å². The predicted molar refractivity (Wildman–Crippen MR) is 95.4 cm³/mol. The molecule has 1 heterocycles. The third kappa shape index (κ3) is 3.59. The van der Waals surface area contributed by atoms with Gasteiger partial charge in [-0.3, -0.25) is 9.59 Å². The molecule has 0 atom stereocenters. The maximum absolute atomic E-state index is 12.4. The van der Waals surface area contributed by atoms with E-state index in [4.69, 9.17) is 9.47 Å². The fourth-order valence-electron chi connectivity index (χ4n) is 2.63. The van der Waals surface area contributed by atoms with Crippen molar-refractivity contribution in [3.8, 4) is 5.75 Å². The summed E-state index contributed by atoms with van der Waals surface area (Å²) in [6.45, 7) is 2.22. The topological polar surface area (TPSA) is 72.9 Å². The summed E-state index contributed by atoms with van der Waals surface area (Å²) < 4.78 is 10.4. The molecule has 1 aliphatic heterocycles. The number of nitrogens with zero attached hydrogens (tertiary/aromatic N) is 1. The van der Waals surface area contributed by atoms with Crippen LogP contribution >= 0.6 is 0 Å². The van der Waals surface area contributed by atoms with E-state index in [9.17, 15) is 14.4 Å². The van der Waals surface area contributed by atoms with Crippen LogP contribution in [0.15, 0.2) is 48.5 Å². The molecule has 0 N–H and O–H groups in total. The van der Waals surface area contributed by atoms with E-state index in [-0.39, 0.29) is 18.4 Å². The second-order valence-electron chi connectivity index (χ2n) is 5.85. The van der Waals surface area contributed by atoms with Crippen LogP contribution < -0.4 is 9.64 Å². The standard InChI is InChI=1S/C20H19NO5/c1-2-3-12-25-18(22)13-26-15-10-8-14(9-11-15)21-19(23)16-6-4-5-7-17(16)20(21)24/h4-11H,2-3,12-13H2,1H3. The third-order valence-corrected chi connectivity index (χ3v) is 4.01. The first-order valence-electron chi connectivity index (χ1n) is 8.48. The van der Waals surface area contributed by atoms with Gasteiger partial charge in [0.2, 0.25) is 0 Å². The lowest BCUT2D eigenvalue weighted by atomic mass is 10.1. The minimum atomic E-state index is -0.428. The van der Waals surface area contributed by atoms with Crippen LogP contribution in [0.4, 0.5) is 5.69 Å². The third-order valence-electron chi connectivity index (χ3n) is 4.01. The molecule has 3 rings (SSSR count). The quantitative estimate of drug-likeness (QED) is 0.434. The van der Waals surface area contributed by atoms with Crippen LogP contribution in [-0.4, -0.2) is 31.0 Å². The molecule has 2 amide bonds. The Kier molecular flexibility index (Phi) is 5.31. The molecular formula is C20H19NO5. The SMILES string of the molecule is CCCCOC(=O)COc1ccc(N2C(=O)c3ccccc3C2=O)cc1. The normalized spacial score (nSPS) is 12.9. The zero-order valence-electron chi connectivity index (χ0n) is 14.4. The van der Waals surface area contributed by atoms with E-state index in [0.717, 1.165) is 17.7 Å². The van der Waals surface area contributed by atoms with Gasteiger partial charge in [0, 0.05) is 0 Å². The Balaban J connectivity index is 1.63. The lowest BCUT2D eigenvalue weighted by Crippen LogP contribution is -2.29. The molecule has 2 aromatic rings. The first kappa shape index (κ1) is 17.7. The molecule has 0 saturated heterocycles. The van der Waals surface area contributed by atoms with Crippen molar-refractivity contribution >= 4 is 23.5 Å². The van der Waals surface area contributed by atoms with Crippen molar-refractivity contribution in [3.63, 3.8) is 0 Å². The monoisotopic (exact) mass is 353 g/mol. The molecular weight excluding hydrogens is 334 g/mol. The van der Waals surface area contributed by atoms with E-state index in [0.29, 0.717) is 29.2 Å². The molecule has 0 bridgehead atoms. The van der Waals surface area contributed by atoms with Gasteiger partial charge in [-0.25, -0.2) is 9.69 Å². The Labute approximate surface area is 151 Å². The van der Waals surface area contributed by atoms with Crippen molar-refractivity contribution in [1.29, 1.82) is 0 Å². The first-order chi connectivity index (χ1) is 12.6. The molecule has 6 nitrogen and oxygen atoms in total. The maximum Gasteiger partial charge on any atom is 0.344 e. The first-order valence-corrected chi connectivity index (χ1v) is 8.48. The highest BCUT2D eigenvalue weighted by Gasteiger charge is 2.36. The Hall–Kier alpha value is -3.15. The van der Waals surface area contributed by atoms with Crippen LogP contribution in [0.2, 0.25) is 0 Å². The number of fused-ring (bicyclic) bond motifs is 1. The number of carbonyl (C=O) groups excluding carboxylic acids is 3. The van der Waals surface area contributed by atoms with Gasteiger partial charge in [-0.15, -0.1) is 0 Å². The molecule has 26 heavy (non-hydrogen) atoms. The maximum atomic E-state index is 12.4. The molecule has 6 heteroatoms. The zero-order chi connectivity index (χ0) is 18.5. The number of anilines is 1. The Morgan fingerprint density at radius 3 is 2.15 bits per heavy atom. The number of esters is 1. The smallest absolute Gasteiger partial charge is 0.344 e. The average molecular weight is 353 g/mol. The molecule has 0 aliphatic carbocycles. The van der Waals surface area contributed by atoms with Gasteiger partial charge >= 0.3 is 5.97 Å². The van der Waals surface area contributed by atoms with Crippen LogP contribution in [0.3, 0.4) is 0 Å². The molecule has 0 spiro atoms. The zero-order valence-corrected chi connectivity index (χ0v) is 14.4. The van der Waals surface area contributed by atoms with Gasteiger partial charge in [0.15, 0.2) is 6.61 Å². The lowest BCUT2D eigenvalue weighted by molar-refractivity contribution is -0.146. The second-order valence-corrected chi connectivity index (χ2v) is 5.85. The largest absolute Gasteiger partial charge is 0.482 e. The summed E-state index contributed by atoms with van der Waals surface area (Å²) in [6, 6.07) is 13.2. The second kappa shape index (κ2) is 7.82. The number of imide groups is 1. The van der Waals surface area contributed by atoms with Crippen LogP contribution in [0.5, 0.6) is 5.75 Å². The van der Waals surface area contributed by atoms with Crippen molar-refractivity contribution in [2.75, 3.05) is 18.1 Å². The number of unbranched alkanes of at least 4 members (excludes halogenated alkanes) is 1. The molecule has 0 fully saturated rings. The number of carbonyl (C=O) groups is 3. The number of amides is 2. The van der Waals surface area contributed by atoms with Crippen molar-refractivity contribution < 1.29 is 23.9 Å². The van der Waals surface area contributed by atoms with E-state index in [2.05, 4.69) is 0 Å². The van der Waals surface area contributed by atoms with E-state index in [1.807, 2.05) is 6.92 Å². The summed E-state index contributed by atoms with van der Waals surface area (Å²) in [4.78, 5) is 37.6. The molecule has 0 radical (unpaired) electrons. The molecule has 0 saturated carbocycles. The number of hydrogen-bond acceptors (Lipinski definition) is 5. The van der Waals surface area contributed by atoms with Crippen LogP contribution in [-0.2, 0) is 9.53 Å². The minimum absolute atomic E-state index is 0.184. The molecule has 2 aromatic carbocycles. The van der Waals surface area contributed by atoms with Gasteiger partial charge < -0.3 is 9.47 Å². The summed E-state index contributed by atoms with van der Waals surface area (Å²) in [6.07, 6.45) is 1.77. The number of benzene rings is 2. The number of rotatable bonds is 7. The number of ether oxygens (including phenoxy) is 2. The summed E-state index contributed by atoms with van der Waals surface area (Å²) in [7, 11) is 0. The highest BCUT2D eigenvalue weighted by molar-refractivity contribution is 6.34. The van der Waals surface area contributed by atoms with Crippen LogP contribution in [0.1, 0.15) is 40.5 Å². The van der Waals surface area contributed by atoms with E-state index in [1.54, 1.807) is 48.5 Å².